The van der Waals surface area contributed by atoms with Crippen molar-refractivity contribution in [3.05, 3.63) is 54.1 Å². The predicted octanol–water partition coefficient (Wildman–Crippen LogP) is 2.52. The number of carbonyl (C=O) groups is 1. The van der Waals surface area contributed by atoms with E-state index in [0.717, 1.165) is 11.3 Å². The summed E-state index contributed by atoms with van der Waals surface area (Å²) in [5.41, 5.74) is 1.38. The van der Waals surface area contributed by atoms with Gasteiger partial charge in [0.05, 0.1) is 11.5 Å². The molecule has 0 fully saturated rings. The molecule has 0 spiro atoms. The van der Waals surface area contributed by atoms with Crippen molar-refractivity contribution in [3.8, 4) is 5.75 Å². The molecule has 7 heteroatoms. The van der Waals surface area contributed by atoms with Gasteiger partial charge in [-0.1, -0.05) is 12.1 Å². The van der Waals surface area contributed by atoms with Gasteiger partial charge in [-0.2, -0.15) is 0 Å². The van der Waals surface area contributed by atoms with Crippen LogP contribution in [0, 0.1) is 0 Å². The van der Waals surface area contributed by atoms with Crippen LogP contribution in [-0.2, 0) is 21.4 Å². The summed E-state index contributed by atoms with van der Waals surface area (Å²) in [6, 6.07) is 13.2. The molecule has 0 heterocycles. The van der Waals surface area contributed by atoms with Gasteiger partial charge in [-0.15, -0.1) is 0 Å². The average Bonchev–Trinajstić information content (AvgIpc) is 2.54. The van der Waals surface area contributed by atoms with Crippen molar-refractivity contribution >= 4 is 21.6 Å². The standard InChI is InChI=1S/C17H20N2O4S/c1-3-23-16-8-4-14(5-9-16)12-18-24(21,22)17-10-6-15(7-11-17)19-13(2)20/h4-11,18H,3,12H2,1-2H3,(H,19,20). The SMILES string of the molecule is CCOc1ccc(CNS(=O)(=O)c2ccc(NC(C)=O)cc2)cc1. The van der Waals surface area contributed by atoms with E-state index in [-0.39, 0.29) is 17.3 Å². The molecule has 2 aromatic rings. The number of carbonyl (C=O) groups excluding carboxylic acids is 1. The van der Waals surface area contributed by atoms with Gasteiger partial charge in [-0.05, 0) is 48.9 Å². The molecule has 0 aliphatic heterocycles. The van der Waals surface area contributed by atoms with E-state index in [1.807, 2.05) is 19.1 Å². The van der Waals surface area contributed by atoms with Crippen LogP contribution in [0.1, 0.15) is 19.4 Å². The molecule has 2 aromatic carbocycles. The molecule has 1 amide bonds. The predicted molar refractivity (Wildman–Crippen MR) is 92.4 cm³/mol. The molecule has 0 aliphatic carbocycles. The molecule has 6 nitrogen and oxygen atoms in total. The monoisotopic (exact) mass is 348 g/mol. The maximum Gasteiger partial charge on any atom is 0.240 e. The lowest BCUT2D eigenvalue weighted by Gasteiger charge is -2.09. The summed E-state index contributed by atoms with van der Waals surface area (Å²) in [6.45, 7) is 4.06. The van der Waals surface area contributed by atoms with Crippen molar-refractivity contribution in [1.82, 2.24) is 4.72 Å². The Labute approximate surface area is 141 Å². The van der Waals surface area contributed by atoms with E-state index in [4.69, 9.17) is 4.74 Å². The van der Waals surface area contributed by atoms with Crippen LogP contribution in [0.2, 0.25) is 0 Å². The number of rotatable bonds is 7. The zero-order valence-corrected chi connectivity index (χ0v) is 14.4. The minimum Gasteiger partial charge on any atom is -0.494 e. The van der Waals surface area contributed by atoms with E-state index < -0.39 is 10.0 Å². The average molecular weight is 348 g/mol. The molecule has 0 aliphatic rings. The summed E-state index contributed by atoms with van der Waals surface area (Å²) in [6.07, 6.45) is 0. The van der Waals surface area contributed by atoms with Crippen molar-refractivity contribution in [2.24, 2.45) is 0 Å². The topological polar surface area (TPSA) is 84.5 Å². The number of amides is 1. The first kappa shape index (κ1) is 18.0. The lowest BCUT2D eigenvalue weighted by molar-refractivity contribution is -0.114. The van der Waals surface area contributed by atoms with Crippen LogP contribution >= 0.6 is 0 Å². The van der Waals surface area contributed by atoms with Crippen LogP contribution in [0.15, 0.2) is 53.4 Å². The number of hydrogen-bond acceptors (Lipinski definition) is 4. The second-order valence-corrected chi connectivity index (χ2v) is 6.87. The summed E-state index contributed by atoms with van der Waals surface area (Å²) >= 11 is 0. The molecule has 0 atom stereocenters. The van der Waals surface area contributed by atoms with Crippen LogP contribution in [0.5, 0.6) is 5.75 Å². The molecule has 0 saturated heterocycles. The Bertz CT molecular complexity index is 784. The van der Waals surface area contributed by atoms with Gasteiger partial charge in [0.1, 0.15) is 5.75 Å². The van der Waals surface area contributed by atoms with Gasteiger partial charge >= 0.3 is 0 Å². The Morgan fingerprint density at radius 3 is 2.21 bits per heavy atom. The van der Waals surface area contributed by atoms with Gasteiger partial charge in [-0.3, -0.25) is 4.79 Å². The summed E-state index contributed by atoms with van der Waals surface area (Å²) in [4.78, 5) is 11.1. The fourth-order valence-electron chi connectivity index (χ4n) is 2.05. The van der Waals surface area contributed by atoms with Crippen molar-refractivity contribution in [2.75, 3.05) is 11.9 Å². The van der Waals surface area contributed by atoms with Gasteiger partial charge in [0.15, 0.2) is 0 Å². The number of hydrogen-bond donors (Lipinski definition) is 2. The van der Waals surface area contributed by atoms with Crippen LogP contribution in [0.4, 0.5) is 5.69 Å². The van der Waals surface area contributed by atoms with Crippen molar-refractivity contribution in [3.63, 3.8) is 0 Å². The van der Waals surface area contributed by atoms with Crippen LogP contribution in [0.25, 0.3) is 0 Å². The van der Waals surface area contributed by atoms with Gasteiger partial charge in [0.25, 0.3) is 0 Å². The van der Waals surface area contributed by atoms with Gasteiger partial charge < -0.3 is 10.1 Å². The fraction of sp³-hybridized carbons (Fsp3) is 0.235. The summed E-state index contributed by atoms with van der Waals surface area (Å²) in [5.74, 6) is 0.539. The van der Waals surface area contributed by atoms with E-state index in [2.05, 4.69) is 10.0 Å². The molecule has 0 aromatic heterocycles. The number of nitrogens with one attached hydrogen (secondary N) is 2. The Hall–Kier alpha value is -2.38. The van der Waals surface area contributed by atoms with E-state index in [1.54, 1.807) is 24.3 Å². The van der Waals surface area contributed by atoms with Gasteiger partial charge in [0, 0.05) is 19.2 Å². The van der Waals surface area contributed by atoms with Crippen molar-refractivity contribution < 1.29 is 17.9 Å². The highest BCUT2D eigenvalue weighted by atomic mass is 32.2. The molecule has 2 N–H and O–H groups in total. The smallest absolute Gasteiger partial charge is 0.240 e. The second kappa shape index (κ2) is 7.94. The maximum atomic E-state index is 12.3. The van der Waals surface area contributed by atoms with Gasteiger partial charge in [-0.25, -0.2) is 13.1 Å². The number of ether oxygens (including phenoxy) is 1. The highest BCUT2D eigenvalue weighted by molar-refractivity contribution is 7.89. The van der Waals surface area contributed by atoms with Crippen LogP contribution in [-0.4, -0.2) is 20.9 Å². The Morgan fingerprint density at radius 2 is 1.67 bits per heavy atom. The number of anilines is 1. The lowest BCUT2D eigenvalue weighted by atomic mass is 10.2. The van der Waals surface area contributed by atoms with Crippen molar-refractivity contribution in [2.45, 2.75) is 25.3 Å². The first-order chi connectivity index (χ1) is 11.4. The van der Waals surface area contributed by atoms with E-state index in [9.17, 15) is 13.2 Å². The first-order valence-electron chi connectivity index (χ1n) is 7.50. The van der Waals surface area contributed by atoms with E-state index in [1.165, 1.54) is 19.1 Å². The largest absolute Gasteiger partial charge is 0.494 e. The quantitative estimate of drug-likeness (QED) is 0.805. The summed E-state index contributed by atoms with van der Waals surface area (Å²) < 4.78 is 32.5. The minimum atomic E-state index is -3.62. The zero-order valence-electron chi connectivity index (χ0n) is 13.6. The Morgan fingerprint density at radius 1 is 1.04 bits per heavy atom. The number of sulfonamides is 1. The normalized spacial score (nSPS) is 11.1. The van der Waals surface area contributed by atoms with E-state index in [0.29, 0.717) is 12.3 Å². The third-order valence-electron chi connectivity index (χ3n) is 3.19. The molecule has 128 valence electrons. The second-order valence-electron chi connectivity index (χ2n) is 5.11. The Kier molecular flexibility index (Phi) is 5.94. The summed E-state index contributed by atoms with van der Waals surface area (Å²) in [5, 5.41) is 2.59. The molecular formula is C17H20N2O4S. The van der Waals surface area contributed by atoms with Gasteiger partial charge in [0.2, 0.25) is 15.9 Å². The Balaban J connectivity index is 2.01. The fourth-order valence-corrected chi connectivity index (χ4v) is 3.07. The molecule has 0 bridgehead atoms. The maximum absolute atomic E-state index is 12.3. The zero-order chi connectivity index (χ0) is 17.6. The highest BCUT2D eigenvalue weighted by Crippen LogP contribution is 2.15. The number of benzene rings is 2. The van der Waals surface area contributed by atoms with Crippen LogP contribution < -0.4 is 14.8 Å². The molecule has 0 unspecified atom stereocenters. The molecule has 24 heavy (non-hydrogen) atoms. The minimum absolute atomic E-state index is 0.141. The first-order valence-corrected chi connectivity index (χ1v) is 8.98. The molecular weight excluding hydrogens is 328 g/mol. The van der Waals surface area contributed by atoms with Crippen LogP contribution in [0.3, 0.4) is 0 Å². The lowest BCUT2D eigenvalue weighted by Crippen LogP contribution is -2.23. The molecule has 0 saturated carbocycles. The van der Waals surface area contributed by atoms with E-state index >= 15 is 0 Å². The third-order valence-corrected chi connectivity index (χ3v) is 4.60. The highest BCUT2D eigenvalue weighted by Gasteiger charge is 2.13. The molecule has 2 rings (SSSR count). The summed E-state index contributed by atoms with van der Waals surface area (Å²) in [7, 11) is -3.62. The third kappa shape index (κ3) is 5.07. The molecule has 0 radical (unpaired) electrons. The van der Waals surface area contributed by atoms with Crippen molar-refractivity contribution in [1.29, 1.82) is 0 Å².